The fourth-order valence-electron chi connectivity index (χ4n) is 1.79. The lowest BCUT2D eigenvalue weighted by Gasteiger charge is -2.25. The Balaban J connectivity index is 2.64. The lowest BCUT2D eigenvalue weighted by Crippen LogP contribution is -2.20. The number of hydrogen-bond acceptors (Lipinski definition) is 1. The van der Waals surface area contributed by atoms with Crippen LogP contribution in [0.4, 0.5) is 0 Å². The second-order valence-corrected chi connectivity index (χ2v) is 6.77. The molecule has 1 nitrogen and oxygen atoms in total. The van der Waals surface area contributed by atoms with Crippen LogP contribution in [0.1, 0.15) is 38.3 Å². The zero-order valence-corrected chi connectivity index (χ0v) is 13.1. The molecule has 0 heterocycles. The van der Waals surface area contributed by atoms with Crippen LogP contribution in [-0.4, -0.2) is 11.9 Å². The summed E-state index contributed by atoms with van der Waals surface area (Å²) in [5, 5.41) is 0. The second-order valence-electron chi connectivity index (χ2n) is 5.66. The average Bonchev–Trinajstić information content (AvgIpc) is 2.25. The van der Waals surface area contributed by atoms with Gasteiger partial charge in [-0.1, -0.05) is 42.8 Å². The van der Waals surface area contributed by atoms with Gasteiger partial charge in [-0.2, -0.15) is 0 Å². The van der Waals surface area contributed by atoms with Crippen molar-refractivity contribution in [2.45, 2.75) is 45.4 Å². The molecule has 0 aliphatic rings. The zero-order chi connectivity index (χ0) is 13.1. The van der Waals surface area contributed by atoms with Crippen LogP contribution in [0.25, 0.3) is 0 Å². The van der Waals surface area contributed by atoms with Crippen molar-refractivity contribution in [3.8, 4) is 5.75 Å². The third kappa shape index (κ3) is 4.34. The Labute approximate surface area is 114 Å². The van der Waals surface area contributed by atoms with Gasteiger partial charge >= 0.3 is 0 Å². The van der Waals surface area contributed by atoms with Crippen molar-refractivity contribution in [3.05, 3.63) is 29.3 Å². The first-order chi connectivity index (χ1) is 7.84. The molecular formula is C15H23BrO. The SMILES string of the molecule is COc1ccc(CCC(Br)C(C)(C)C)c(C)c1. The summed E-state index contributed by atoms with van der Waals surface area (Å²) in [6.45, 7) is 8.96. The number of benzene rings is 1. The molecule has 0 aliphatic carbocycles. The van der Waals surface area contributed by atoms with Crippen molar-refractivity contribution in [1.82, 2.24) is 0 Å². The summed E-state index contributed by atoms with van der Waals surface area (Å²) in [6.07, 6.45) is 2.28. The van der Waals surface area contributed by atoms with E-state index >= 15 is 0 Å². The second kappa shape index (κ2) is 5.90. The van der Waals surface area contributed by atoms with Gasteiger partial charge in [0.2, 0.25) is 0 Å². The monoisotopic (exact) mass is 298 g/mol. The van der Waals surface area contributed by atoms with Crippen molar-refractivity contribution in [3.63, 3.8) is 0 Å². The Morgan fingerprint density at radius 3 is 2.41 bits per heavy atom. The lowest BCUT2D eigenvalue weighted by atomic mass is 9.88. The van der Waals surface area contributed by atoms with Crippen LogP contribution >= 0.6 is 15.9 Å². The van der Waals surface area contributed by atoms with Crippen molar-refractivity contribution in [2.75, 3.05) is 7.11 Å². The van der Waals surface area contributed by atoms with Gasteiger partial charge in [-0.3, -0.25) is 0 Å². The minimum Gasteiger partial charge on any atom is -0.497 e. The molecule has 0 spiro atoms. The maximum absolute atomic E-state index is 5.22. The Bertz CT molecular complexity index is 366. The summed E-state index contributed by atoms with van der Waals surface area (Å²) >= 11 is 3.78. The summed E-state index contributed by atoms with van der Waals surface area (Å²) < 4.78 is 5.22. The molecule has 0 bridgehead atoms. The molecule has 2 heteroatoms. The average molecular weight is 299 g/mol. The van der Waals surface area contributed by atoms with Gasteiger partial charge in [-0.15, -0.1) is 0 Å². The van der Waals surface area contributed by atoms with Gasteiger partial charge in [-0.05, 0) is 48.4 Å². The number of hydrogen-bond donors (Lipinski definition) is 0. The van der Waals surface area contributed by atoms with Gasteiger partial charge in [0.05, 0.1) is 7.11 Å². The molecule has 0 N–H and O–H groups in total. The predicted molar refractivity (Wildman–Crippen MR) is 78.2 cm³/mol. The first kappa shape index (κ1) is 14.6. The van der Waals surface area contributed by atoms with E-state index in [-0.39, 0.29) is 0 Å². The highest BCUT2D eigenvalue weighted by Crippen LogP contribution is 2.30. The van der Waals surface area contributed by atoms with Crippen LogP contribution in [0.5, 0.6) is 5.75 Å². The van der Waals surface area contributed by atoms with Crippen LogP contribution in [0.15, 0.2) is 18.2 Å². The summed E-state index contributed by atoms with van der Waals surface area (Å²) in [5.41, 5.74) is 3.05. The number of ether oxygens (including phenoxy) is 1. The summed E-state index contributed by atoms with van der Waals surface area (Å²) in [5.74, 6) is 0.942. The summed E-state index contributed by atoms with van der Waals surface area (Å²) in [7, 11) is 1.71. The molecule has 0 aliphatic heterocycles. The number of aryl methyl sites for hydroxylation is 2. The van der Waals surface area contributed by atoms with Gasteiger partial charge in [-0.25, -0.2) is 0 Å². The van der Waals surface area contributed by atoms with Crippen LogP contribution in [0, 0.1) is 12.3 Å². The molecule has 0 fully saturated rings. The molecule has 17 heavy (non-hydrogen) atoms. The van der Waals surface area contributed by atoms with E-state index in [2.05, 4.69) is 55.8 Å². The van der Waals surface area contributed by atoms with Crippen LogP contribution < -0.4 is 4.74 Å². The highest BCUT2D eigenvalue weighted by molar-refractivity contribution is 9.09. The third-order valence-electron chi connectivity index (χ3n) is 3.16. The Morgan fingerprint density at radius 2 is 1.94 bits per heavy atom. The molecule has 1 atom stereocenters. The smallest absolute Gasteiger partial charge is 0.119 e. The predicted octanol–water partition coefficient (Wildman–Crippen LogP) is 4.75. The van der Waals surface area contributed by atoms with Crippen molar-refractivity contribution < 1.29 is 4.74 Å². The summed E-state index contributed by atoms with van der Waals surface area (Å²) in [6, 6.07) is 6.33. The van der Waals surface area contributed by atoms with Crippen molar-refractivity contribution in [1.29, 1.82) is 0 Å². The highest BCUT2D eigenvalue weighted by atomic mass is 79.9. The lowest BCUT2D eigenvalue weighted by molar-refractivity contribution is 0.385. The number of halogens is 1. The van der Waals surface area contributed by atoms with Gasteiger partial charge < -0.3 is 4.74 Å². The molecule has 0 saturated carbocycles. The maximum Gasteiger partial charge on any atom is 0.119 e. The Morgan fingerprint density at radius 1 is 1.29 bits per heavy atom. The zero-order valence-electron chi connectivity index (χ0n) is 11.5. The van der Waals surface area contributed by atoms with Crippen molar-refractivity contribution >= 4 is 15.9 Å². The number of rotatable bonds is 4. The first-order valence-electron chi connectivity index (χ1n) is 6.12. The molecule has 0 amide bonds. The van der Waals surface area contributed by atoms with Gasteiger partial charge in [0, 0.05) is 4.83 Å². The van der Waals surface area contributed by atoms with Crippen LogP contribution in [-0.2, 0) is 6.42 Å². The molecule has 1 aromatic rings. The minimum atomic E-state index is 0.320. The molecule has 1 unspecified atom stereocenters. The largest absolute Gasteiger partial charge is 0.497 e. The molecular weight excluding hydrogens is 276 g/mol. The standard InChI is InChI=1S/C15H23BrO/c1-11-10-13(17-5)8-6-12(11)7-9-14(16)15(2,3)4/h6,8,10,14H,7,9H2,1-5H3. The van der Waals surface area contributed by atoms with Gasteiger partial charge in [0.1, 0.15) is 5.75 Å². The van der Waals surface area contributed by atoms with Gasteiger partial charge in [0.15, 0.2) is 0 Å². The van der Waals surface area contributed by atoms with E-state index < -0.39 is 0 Å². The first-order valence-corrected chi connectivity index (χ1v) is 7.03. The number of alkyl halides is 1. The van der Waals surface area contributed by atoms with E-state index in [0.717, 1.165) is 18.6 Å². The summed E-state index contributed by atoms with van der Waals surface area (Å²) in [4.78, 5) is 0.552. The third-order valence-corrected chi connectivity index (χ3v) is 4.99. The normalized spacial score (nSPS) is 13.5. The molecule has 96 valence electrons. The molecule has 1 rings (SSSR count). The van der Waals surface area contributed by atoms with E-state index in [9.17, 15) is 0 Å². The quantitative estimate of drug-likeness (QED) is 0.729. The molecule has 0 aromatic heterocycles. The maximum atomic E-state index is 5.22. The topological polar surface area (TPSA) is 9.23 Å². The molecule has 1 aromatic carbocycles. The Kier molecular flexibility index (Phi) is 5.05. The fourth-order valence-corrected chi connectivity index (χ4v) is 2.02. The minimum absolute atomic E-state index is 0.320. The van der Waals surface area contributed by atoms with E-state index in [0.29, 0.717) is 10.2 Å². The highest BCUT2D eigenvalue weighted by Gasteiger charge is 2.21. The molecule has 0 saturated heterocycles. The number of methoxy groups -OCH3 is 1. The van der Waals surface area contributed by atoms with Gasteiger partial charge in [0.25, 0.3) is 0 Å². The van der Waals surface area contributed by atoms with E-state index in [1.165, 1.54) is 11.1 Å². The Hall–Kier alpha value is -0.500. The fraction of sp³-hybridized carbons (Fsp3) is 0.600. The van der Waals surface area contributed by atoms with E-state index in [1.54, 1.807) is 7.11 Å². The molecule has 0 radical (unpaired) electrons. The van der Waals surface area contributed by atoms with Crippen molar-refractivity contribution in [2.24, 2.45) is 5.41 Å². The van der Waals surface area contributed by atoms with Crippen LogP contribution in [0.3, 0.4) is 0 Å². The van der Waals surface area contributed by atoms with E-state index in [1.807, 2.05) is 6.07 Å². The van der Waals surface area contributed by atoms with E-state index in [4.69, 9.17) is 4.74 Å². The van der Waals surface area contributed by atoms with Crippen LogP contribution in [0.2, 0.25) is 0 Å².